The molecule has 1 aromatic carbocycles. The van der Waals surface area contributed by atoms with Crippen molar-refractivity contribution in [3.63, 3.8) is 0 Å². The Balaban J connectivity index is 2.13. The van der Waals surface area contributed by atoms with Crippen LogP contribution in [0.15, 0.2) is 36.4 Å². The minimum absolute atomic E-state index is 0.0519. The lowest BCUT2D eigenvalue weighted by atomic mass is 10.0. The Morgan fingerprint density at radius 3 is 2.59 bits per heavy atom. The normalized spacial score (nSPS) is 11.8. The highest BCUT2D eigenvalue weighted by Gasteiger charge is 2.24. The van der Waals surface area contributed by atoms with Gasteiger partial charge in [0.1, 0.15) is 17.7 Å². The van der Waals surface area contributed by atoms with E-state index in [2.05, 4.69) is 10.3 Å². The first-order valence-corrected chi connectivity index (χ1v) is 6.68. The molecule has 0 aliphatic rings. The van der Waals surface area contributed by atoms with Crippen molar-refractivity contribution in [1.82, 2.24) is 4.98 Å². The average Bonchev–Trinajstić information content (AvgIpc) is 2.44. The molecule has 0 fully saturated rings. The van der Waals surface area contributed by atoms with Gasteiger partial charge in [-0.3, -0.25) is 9.59 Å². The van der Waals surface area contributed by atoms with Gasteiger partial charge in [-0.15, -0.1) is 0 Å². The average molecular weight is 301 g/mol. The van der Waals surface area contributed by atoms with Crippen LogP contribution in [-0.4, -0.2) is 22.7 Å². The summed E-state index contributed by atoms with van der Waals surface area (Å²) >= 11 is 0. The van der Waals surface area contributed by atoms with Crippen molar-refractivity contribution in [2.24, 2.45) is 5.73 Å². The van der Waals surface area contributed by atoms with Gasteiger partial charge in [0, 0.05) is 11.3 Å². The molecule has 6 heteroatoms. The molecular formula is C16H16FN3O2. The number of carbonyl (C=O) groups excluding carboxylic acids is 2. The molecule has 3 N–H and O–H groups in total. The minimum atomic E-state index is -1.43. The molecule has 0 bridgehead atoms. The lowest BCUT2D eigenvalue weighted by molar-refractivity contribution is -0.116. The van der Waals surface area contributed by atoms with E-state index in [4.69, 9.17) is 5.73 Å². The molecule has 0 aliphatic carbocycles. The van der Waals surface area contributed by atoms with Crippen LogP contribution in [0.2, 0.25) is 0 Å². The van der Waals surface area contributed by atoms with E-state index in [1.807, 2.05) is 13.0 Å². The Hall–Kier alpha value is -2.60. The Kier molecular flexibility index (Phi) is 4.62. The van der Waals surface area contributed by atoms with Gasteiger partial charge < -0.3 is 11.1 Å². The third kappa shape index (κ3) is 3.73. The minimum Gasteiger partial charge on any atom is -0.313 e. The number of nitrogens with two attached hydrogens (primary N) is 1. The number of hydrogen-bond donors (Lipinski definition) is 2. The van der Waals surface area contributed by atoms with E-state index in [-0.39, 0.29) is 5.56 Å². The van der Waals surface area contributed by atoms with Crippen molar-refractivity contribution in [3.05, 3.63) is 59.0 Å². The zero-order valence-electron chi connectivity index (χ0n) is 12.3. The van der Waals surface area contributed by atoms with Gasteiger partial charge in [0.05, 0.1) is 0 Å². The molecule has 0 saturated carbocycles. The van der Waals surface area contributed by atoms with Gasteiger partial charge in [-0.1, -0.05) is 12.1 Å². The number of carbonyl (C=O) groups is 2. The number of benzene rings is 1. The summed E-state index contributed by atoms with van der Waals surface area (Å²) in [5.74, 6) is -1.58. The molecule has 0 spiro atoms. The largest absolute Gasteiger partial charge is 0.313 e. The van der Waals surface area contributed by atoms with Crippen LogP contribution in [-0.2, 0) is 4.79 Å². The Labute approximate surface area is 127 Å². The molecule has 1 unspecified atom stereocenters. The van der Waals surface area contributed by atoms with Gasteiger partial charge in [0.2, 0.25) is 0 Å². The van der Waals surface area contributed by atoms with Gasteiger partial charge in [-0.05, 0) is 43.7 Å². The summed E-state index contributed by atoms with van der Waals surface area (Å²) < 4.78 is 13.1. The first-order valence-electron chi connectivity index (χ1n) is 6.68. The molecule has 0 radical (unpaired) electrons. The number of aryl methyl sites for hydroxylation is 2. The van der Waals surface area contributed by atoms with Crippen LogP contribution in [0.5, 0.6) is 0 Å². The second-order valence-corrected chi connectivity index (χ2v) is 5.01. The molecule has 0 aliphatic heterocycles. The monoisotopic (exact) mass is 301 g/mol. The third-order valence-corrected chi connectivity index (χ3v) is 3.02. The Morgan fingerprint density at radius 1 is 1.23 bits per heavy atom. The highest BCUT2D eigenvalue weighted by atomic mass is 19.1. The maximum Gasteiger partial charge on any atom is 0.250 e. The first kappa shape index (κ1) is 15.8. The van der Waals surface area contributed by atoms with Gasteiger partial charge in [-0.2, -0.15) is 0 Å². The van der Waals surface area contributed by atoms with Crippen LogP contribution < -0.4 is 11.1 Å². The lowest BCUT2D eigenvalue weighted by Crippen LogP contribution is -2.42. The van der Waals surface area contributed by atoms with Crippen LogP contribution in [0, 0.1) is 19.7 Å². The maximum atomic E-state index is 13.1. The molecular weight excluding hydrogens is 285 g/mol. The van der Waals surface area contributed by atoms with Crippen LogP contribution in [0.3, 0.4) is 0 Å². The van der Waals surface area contributed by atoms with E-state index in [9.17, 15) is 14.0 Å². The molecule has 2 aromatic rings. The molecule has 114 valence electrons. The SMILES string of the molecule is Cc1cc(C)nc(NC(=O)C(N)C(=O)c2cccc(F)c2)c1. The van der Waals surface area contributed by atoms with Gasteiger partial charge in [0.25, 0.3) is 5.91 Å². The number of Topliss-reactive ketones (excluding diaryl/α,β-unsaturated/α-hetero) is 1. The second-order valence-electron chi connectivity index (χ2n) is 5.01. The Morgan fingerprint density at radius 2 is 1.95 bits per heavy atom. The molecule has 1 atom stereocenters. The van der Waals surface area contributed by atoms with E-state index in [0.29, 0.717) is 5.82 Å². The molecule has 1 amide bonds. The van der Waals surface area contributed by atoms with Crippen molar-refractivity contribution < 1.29 is 14.0 Å². The summed E-state index contributed by atoms with van der Waals surface area (Å²) in [4.78, 5) is 28.3. The van der Waals surface area contributed by atoms with E-state index in [1.165, 1.54) is 18.2 Å². The van der Waals surface area contributed by atoms with Crippen molar-refractivity contribution in [3.8, 4) is 0 Å². The quantitative estimate of drug-likeness (QED) is 0.668. The number of hydrogen-bond acceptors (Lipinski definition) is 4. The summed E-state index contributed by atoms with van der Waals surface area (Å²) in [5, 5.41) is 2.50. The number of anilines is 1. The predicted octanol–water partition coefficient (Wildman–Crippen LogP) is 1.99. The topological polar surface area (TPSA) is 85.1 Å². The summed E-state index contributed by atoms with van der Waals surface area (Å²) in [6.45, 7) is 3.66. The van der Waals surface area contributed by atoms with Crippen molar-refractivity contribution in [1.29, 1.82) is 0 Å². The van der Waals surface area contributed by atoms with Crippen LogP contribution in [0.4, 0.5) is 10.2 Å². The summed E-state index contributed by atoms with van der Waals surface area (Å²) in [6, 6.07) is 7.15. The standard InChI is InChI=1S/C16H16FN3O2/c1-9-6-10(2)19-13(7-9)20-16(22)14(18)15(21)11-4-3-5-12(17)8-11/h3-8,14H,18H2,1-2H3,(H,19,20,22). The summed E-state index contributed by atoms with van der Waals surface area (Å²) in [6.07, 6.45) is 0. The van der Waals surface area contributed by atoms with Gasteiger partial charge in [0.15, 0.2) is 5.78 Å². The number of ketones is 1. The van der Waals surface area contributed by atoms with Crippen molar-refractivity contribution >= 4 is 17.5 Å². The van der Waals surface area contributed by atoms with E-state index in [1.54, 1.807) is 13.0 Å². The molecule has 5 nitrogen and oxygen atoms in total. The first-order chi connectivity index (χ1) is 10.4. The van der Waals surface area contributed by atoms with Crippen LogP contribution in [0.1, 0.15) is 21.6 Å². The number of nitrogens with zero attached hydrogens (tertiary/aromatic N) is 1. The van der Waals surface area contributed by atoms with Crippen molar-refractivity contribution in [2.75, 3.05) is 5.32 Å². The summed E-state index contributed by atoms with van der Waals surface area (Å²) in [5.41, 5.74) is 7.37. The summed E-state index contributed by atoms with van der Waals surface area (Å²) in [7, 11) is 0. The maximum absolute atomic E-state index is 13.1. The van der Waals surface area contributed by atoms with Crippen LogP contribution >= 0.6 is 0 Å². The number of aromatic nitrogens is 1. The fourth-order valence-corrected chi connectivity index (χ4v) is 2.05. The highest BCUT2D eigenvalue weighted by molar-refractivity contribution is 6.16. The molecule has 2 rings (SSSR count). The number of nitrogens with one attached hydrogen (secondary N) is 1. The van der Waals surface area contributed by atoms with Crippen LogP contribution in [0.25, 0.3) is 0 Å². The van der Waals surface area contributed by atoms with E-state index >= 15 is 0 Å². The smallest absolute Gasteiger partial charge is 0.250 e. The molecule has 1 aromatic heterocycles. The molecule has 0 saturated heterocycles. The van der Waals surface area contributed by atoms with E-state index < -0.39 is 23.5 Å². The molecule has 22 heavy (non-hydrogen) atoms. The third-order valence-electron chi connectivity index (χ3n) is 3.02. The lowest BCUT2D eigenvalue weighted by Gasteiger charge is -2.12. The fourth-order valence-electron chi connectivity index (χ4n) is 2.05. The Bertz CT molecular complexity index is 711. The van der Waals surface area contributed by atoms with Crippen molar-refractivity contribution in [2.45, 2.75) is 19.9 Å². The highest BCUT2D eigenvalue weighted by Crippen LogP contribution is 2.11. The van der Waals surface area contributed by atoms with Gasteiger partial charge in [-0.25, -0.2) is 9.37 Å². The fraction of sp³-hybridized carbons (Fsp3) is 0.188. The molecule has 1 heterocycles. The van der Waals surface area contributed by atoms with E-state index in [0.717, 1.165) is 17.3 Å². The zero-order valence-corrected chi connectivity index (χ0v) is 12.3. The number of halogens is 1. The number of pyridine rings is 1. The number of rotatable bonds is 4. The zero-order chi connectivity index (χ0) is 16.3. The predicted molar refractivity (Wildman–Crippen MR) is 81.0 cm³/mol. The number of amides is 1. The second kappa shape index (κ2) is 6.44. The van der Waals surface area contributed by atoms with Gasteiger partial charge >= 0.3 is 0 Å².